The maximum absolute atomic E-state index is 13.0. The maximum atomic E-state index is 13.0. The Balaban J connectivity index is 0.00000324. The smallest absolute Gasteiger partial charge is 0.251 e. The Hall–Kier alpha value is -1.20. The molecule has 3 N–H and O–H groups in total. The molecule has 0 aromatic heterocycles. The van der Waals surface area contributed by atoms with Crippen LogP contribution in [0, 0.1) is 17.6 Å². The Labute approximate surface area is 118 Å². The average molecular weight is 293 g/mol. The van der Waals surface area contributed by atoms with E-state index in [0.29, 0.717) is 12.5 Å². The molecular formula is C13H19ClF2N2O. The van der Waals surface area contributed by atoms with E-state index >= 15 is 0 Å². The van der Waals surface area contributed by atoms with Gasteiger partial charge in [-0.1, -0.05) is 13.8 Å². The van der Waals surface area contributed by atoms with Gasteiger partial charge in [0.05, 0.1) is 0 Å². The molecule has 0 saturated carbocycles. The summed E-state index contributed by atoms with van der Waals surface area (Å²) in [5.74, 6) is -2.05. The molecule has 6 heteroatoms. The lowest BCUT2D eigenvalue weighted by Gasteiger charge is -2.18. The average Bonchev–Trinajstić information content (AvgIpc) is 2.31. The van der Waals surface area contributed by atoms with Crippen molar-refractivity contribution in [1.29, 1.82) is 0 Å². The number of rotatable bonds is 5. The fourth-order valence-electron chi connectivity index (χ4n) is 1.69. The van der Waals surface area contributed by atoms with Crippen LogP contribution in [0.5, 0.6) is 0 Å². The van der Waals surface area contributed by atoms with Gasteiger partial charge in [0.25, 0.3) is 5.91 Å². The van der Waals surface area contributed by atoms with Gasteiger partial charge in [-0.2, -0.15) is 0 Å². The fraction of sp³-hybridized carbons (Fsp3) is 0.462. The first-order chi connectivity index (χ1) is 8.43. The van der Waals surface area contributed by atoms with E-state index in [1.807, 2.05) is 13.8 Å². The Kier molecular flexibility index (Phi) is 7.56. The first kappa shape index (κ1) is 17.8. The molecule has 0 bridgehead atoms. The van der Waals surface area contributed by atoms with E-state index in [2.05, 4.69) is 5.32 Å². The van der Waals surface area contributed by atoms with E-state index in [4.69, 9.17) is 5.73 Å². The number of carbonyl (C=O) groups is 1. The minimum Gasteiger partial charge on any atom is -0.348 e. The number of benzene rings is 1. The number of nitrogens with one attached hydrogen (secondary N) is 1. The standard InChI is InChI=1S/C13H18F2N2O.ClH/c1-8(2)5-10(7-16)17-13(18)9-3-4-11(14)12(15)6-9;/h3-4,6,8,10H,5,7,16H2,1-2H3,(H,17,18);1H. The lowest BCUT2D eigenvalue weighted by atomic mass is 10.0. The third-order valence-electron chi connectivity index (χ3n) is 2.56. The van der Waals surface area contributed by atoms with Crippen molar-refractivity contribution in [2.45, 2.75) is 26.3 Å². The van der Waals surface area contributed by atoms with E-state index in [1.165, 1.54) is 6.07 Å². The van der Waals surface area contributed by atoms with Crippen LogP contribution in [0.25, 0.3) is 0 Å². The number of hydrogen-bond donors (Lipinski definition) is 2. The predicted molar refractivity (Wildman–Crippen MR) is 73.4 cm³/mol. The second kappa shape index (κ2) is 8.07. The van der Waals surface area contributed by atoms with Crippen molar-refractivity contribution in [1.82, 2.24) is 5.32 Å². The SMILES string of the molecule is CC(C)CC(CN)NC(=O)c1ccc(F)c(F)c1.Cl. The van der Waals surface area contributed by atoms with Crippen molar-refractivity contribution < 1.29 is 13.6 Å². The molecule has 1 aromatic rings. The van der Waals surface area contributed by atoms with Crippen LogP contribution in [-0.4, -0.2) is 18.5 Å². The van der Waals surface area contributed by atoms with Gasteiger partial charge in [0.15, 0.2) is 11.6 Å². The van der Waals surface area contributed by atoms with Gasteiger partial charge in [0.2, 0.25) is 0 Å². The van der Waals surface area contributed by atoms with Crippen molar-refractivity contribution >= 4 is 18.3 Å². The Bertz CT molecular complexity index is 427. The molecule has 1 rings (SSSR count). The van der Waals surface area contributed by atoms with Gasteiger partial charge < -0.3 is 11.1 Å². The van der Waals surface area contributed by atoms with Gasteiger partial charge >= 0.3 is 0 Å². The molecule has 0 fully saturated rings. The van der Waals surface area contributed by atoms with E-state index in [9.17, 15) is 13.6 Å². The van der Waals surface area contributed by atoms with E-state index in [0.717, 1.165) is 18.6 Å². The van der Waals surface area contributed by atoms with Crippen molar-refractivity contribution in [3.8, 4) is 0 Å². The number of nitrogens with two attached hydrogens (primary N) is 1. The molecule has 0 aliphatic rings. The molecule has 1 amide bonds. The van der Waals surface area contributed by atoms with Gasteiger partial charge in [-0.25, -0.2) is 8.78 Å². The molecule has 0 radical (unpaired) electrons. The van der Waals surface area contributed by atoms with Gasteiger partial charge in [-0.15, -0.1) is 12.4 Å². The van der Waals surface area contributed by atoms with E-state index < -0.39 is 17.5 Å². The predicted octanol–water partition coefficient (Wildman–Crippen LogP) is 2.49. The van der Waals surface area contributed by atoms with Crippen molar-refractivity contribution in [2.24, 2.45) is 11.7 Å². The molecule has 3 nitrogen and oxygen atoms in total. The van der Waals surface area contributed by atoms with Crippen LogP contribution in [0.4, 0.5) is 8.78 Å². The molecule has 0 spiro atoms. The van der Waals surface area contributed by atoms with Crippen LogP contribution in [-0.2, 0) is 0 Å². The van der Waals surface area contributed by atoms with E-state index in [1.54, 1.807) is 0 Å². The van der Waals surface area contributed by atoms with Crippen LogP contribution in [0.3, 0.4) is 0 Å². The zero-order chi connectivity index (χ0) is 13.7. The molecule has 0 saturated heterocycles. The Morgan fingerprint density at radius 2 is 1.95 bits per heavy atom. The summed E-state index contributed by atoms with van der Waals surface area (Å²) in [5, 5.41) is 2.71. The number of hydrogen-bond acceptors (Lipinski definition) is 2. The number of carbonyl (C=O) groups excluding carboxylic acids is 1. The zero-order valence-electron chi connectivity index (χ0n) is 11.0. The maximum Gasteiger partial charge on any atom is 0.251 e. The third-order valence-corrected chi connectivity index (χ3v) is 2.56. The molecule has 1 atom stereocenters. The molecule has 0 aliphatic carbocycles. The highest BCUT2D eigenvalue weighted by Crippen LogP contribution is 2.10. The van der Waals surface area contributed by atoms with E-state index in [-0.39, 0.29) is 24.0 Å². The van der Waals surface area contributed by atoms with Crippen molar-refractivity contribution in [3.05, 3.63) is 35.4 Å². The highest BCUT2D eigenvalue weighted by atomic mass is 35.5. The highest BCUT2D eigenvalue weighted by molar-refractivity contribution is 5.94. The minimum absolute atomic E-state index is 0. The second-order valence-corrected chi connectivity index (χ2v) is 4.66. The molecule has 1 aromatic carbocycles. The van der Waals surface area contributed by atoms with Gasteiger partial charge in [0, 0.05) is 18.2 Å². The van der Waals surface area contributed by atoms with Gasteiger partial charge in [-0.3, -0.25) is 4.79 Å². The lowest BCUT2D eigenvalue weighted by Crippen LogP contribution is -2.41. The molecule has 0 aliphatic heterocycles. The van der Waals surface area contributed by atoms with Crippen molar-refractivity contribution in [3.63, 3.8) is 0 Å². The molecule has 0 heterocycles. The summed E-state index contributed by atoms with van der Waals surface area (Å²) in [6, 6.07) is 2.90. The summed E-state index contributed by atoms with van der Waals surface area (Å²) in [4.78, 5) is 11.8. The highest BCUT2D eigenvalue weighted by Gasteiger charge is 2.15. The quantitative estimate of drug-likeness (QED) is 0.876. The monoisotopic (exact) mass is 292 g/mol. The first-order valence-corrected chi connectivity index (χ1v) is 5.90. The summed E-state index contributed by atoms with van der Waals surface area (Å²) in [6.07, 6.45) is 0.742. The molecule has 19 heavy (non-hydrogen) atoms. The lowest BCUT2D eigenvalue weighted by molar-refractivity contribution is 0.0933. The van der Waals surface area contributed by atoms with Crippen LogP contribution in [0.1, 0.15) is 30.6 Å². The van der Waals surface area contributed by atoms with Gasteiger partial charge in [-0.05, 0) is 30.5 Å². The summed E-state index contributed by atoms with van der Waals surface area (Å²) in [5.41, 5.74) is 5.65. The molecular weight excluding hydrogens is 274 g/mol. The molecule has 1 unspecified atom stereocenters. The summed E-state index contributed by atoms with van der Waals surface area (Å²) in [6.45, 7) is 4.35. The number of halogens is 3. The first-order valence-electron chi connectivity index (χ1n) is 5.90. The van der Waals surface area contributed by atoms with Crippen molar-refractivity contribution in [2.75, 3.05) is 6.54 Å². The second-order valence-electron chi connectivity index (χ2n) is 4.66. The largest absolute Gasteiger partial charge is 0.348 e. The summed E-state index contributed by atoms with van der Waals surface area (Å²) < 4.78 is 25.7. The van der Waals surface area contributed by atoms with Crippen LogP contribution in [0.2, 0.25) is 0 Å². The van der Waals surface area contributed by atoms with Crippen LogP contribution in [0.15, 0.2) is 18.2 Å². The summed E-state index contributed by atoms with van der Waals surface area (Å²) in [7, 11) is 0. The normalized spacial score (nSPS) is 11.9. The Morgan fingerprint density at radius 1 is 1.32 bits per heavy atom. The summed E-state index contributed by atoms with van der Waals surface area (Å²) >= 11 is 0. The third kappa shape index (κ3) is 5.53. The number of amides is 1. The zero-order valence-corrected chi connectivity index (χ0v) is 11.8. The van der Waals surface area contributed by atoms with Crippen LogP contribution < -0.4 is 11.1 Å². The fourth-order valence-corrected chi connectivity index (χ4v) is 1.69. The Morgan fingerprint density at radius 3 is 2.42 bits per heavy atom. The van der Waals surface area contributed by atoms with Crippen LogP contribution >= 0.6 is 12.4 Å². The molecule has 108 valence electrons. The van der Waals surface area contributed by atoms with Gasteiger partial charge in [0.1, 0.15) is 0 Å². The minimum atomic E-state index is -1.03. The topological polar surface area (TPSA) is 55.1 Å².